The van der Waals surface area contributed by atoms with Gasteiger partial charge in [0.25, 0.3) is 5.56 Å². The number of aromatic nitrogens is 1. The summed E-state index contributed by atoms with van der Waals surface area (Å²) in [5.41, 5.74) is 1.99. The number of para-hydroxylation sites is 1. The predicted molar refractivity (Wildman–Crippen MR) is 130 cm³/mol. The number of fused-ring (bicyclic) bond motifs is 1. The van der Waals surface area contributed by atoms with Gasteiger partial charge in [-0.15, -0.1) is 0 Å². The molecule has 1 N–H and O–H groups in total. The molecule has 0 radical (unpaired) electrons. The van der Waals surface area contributed by atoms with Crippen molar-refractivity contribution in [2.75, 3.05) is 0 Å². The Balaban J connectivity index is 1.57. The van der Waals surface area contributed by atoms with E-state index in [9.17, 15) is 9.59 Å². The number of ether oxygens (including phenoxy) is 1. The zero-order valence-electron chi connectivity index (χ0n) is 18.1. The normalized spacial score (nSPS) is 14.1. The highest BCUT2D eigenvalue weighted by Crippen LogP contribution is 2.41. The molecule has 0 spiro atoms. The van der Waals surface area contributed by atoms with Crippen molar-refractivity contribution in [2.24, 2.45) is 5.92 Å². The van der Waals surface area contributed by atoms with Crippen LogP contribution in [0.15, 0.2) is 83.7 Å². The summed E-state index contributed by atoms with van der Waals surface area (Å²) in [5.74, 6) is 0.710. The number of carbonyl (C=O) groups is 1. The van der Waals surface area contributed by atoms with Crippen molar-refractivity contribution in [3.63, 3.8) is 0 Å². The molecule has 3 aromatic carbocycles. The van der Waals surface area contributed by atoms with Crippen LogP contribution in [0.3, 0.4) is 0 Å². The number of nitrogens with zero attached hydrogens (tertiary/aromatic N) is 1. The van der Waals surface area contributed by atoms with E-state index in [1.807, 2.05) is 60.7 Å². The second kappa shape index (κ2) is 8.75. The molecular formula is C27H23ClN2O3. The van der Waals surface area contributed by atoms with Crippen molar-refractivity contribution < 1.29 is 9.53 Å². The summed E-state index contributed by atoms with van der Waals surface area (Å²) in [6.07, 6.45) is 1.57. The summed E-state index contributed by atoms with van der Waals surface area (Å²) in [4.78, 5) is 26.5. The Hall–Kier alpha value is -3.57. The summed E-state index contributed by atoms with van der Waals surface area (Å²) >= 11 is 6.43. The standard InChI is InChI=1S/C27H23ClN2O3/c1-17-25(33-27(32)29-24(19-15-16-19)18-9-4-2-5-10-18)21-13-8-14-22(28)23(21)26(31)30(17)20-11-6-3-7-12-20/h2-14,19,24H,15-16H2,1H3,(H,29,32)/t24-/m1/s1. The minimum Gasteiger partial charge on any atom is -0.408 e. The number of hydrogen-bond donors (Lipinski definition) is 1. The van der Waals surface area contributed by atoms with Gasteiger partial charge in [0.1, 0.15) is 0 Å². The van der Waals surface area contributed by atoms with Gasteiger partial charge in [-0.2, -0.15) is 0 Å². The smallest absolute Gasteiger partial charge is 0.408 e. The van der Waals surface area contributed by atoms with Gasteiger partial charge in [0.05, 0.1) is 22.1 Å². The molecule has 1 fully saturated rings. The van der Waals surface area contributed by atoms with Gasteiger partial charge in [0.15, 0.2) is 5.75 Å². The first-order chi connectivity index (χ1) is 16.0. The maximum absolute atomic E-state index is 13.4. The van der Waals surface area contributed by atoms with Gasteiger partial charge < -0.3 is 10.1 Å². The highest BCUT2D eigenvalue weighted by Gasteiger charge is 2.34. The molecule has 4 aromatic rings. The van der Waals surface area contributed by atoms with Crippen molar-refractivity contribution >= 4 is 28.5 Å². The van der Waals surface area contributed by atoms with Gasteiger partial charge in [0.2, 0.25) is 0 Å². The lowest BCUT2D eigenvalue weighted by molar-refractivity contribution is 0.194. The SMILES string of the molecule is Cc1c(OC(=O)N[C@H](c2ccccc2)C2CC2)c2cccc(Cl)c2c(=O)n1-c1ccccc1. The van der Waals surface area contributed by atoms with Crippen LogP contribution < -0.4 is 15.6 Å². The van der Waals surface area contributed by atoms with Crippen molar-refractivity contribution in [2.45, 2.75) is 25.8 Å². The van der Waals surface area contributed by atoms with Crippen LogP contribution in [0.4, 0.5) is 4.79 Å². The lowest BCUT2D eigenvalue weighted by atomic mass is 10.0. The molecule has 0 bridgehead atoms. The van der Waals surface area contributed by atoms with Crippen LogP contribution in [0.25, 0.3) is 16.5 Å². The minimum absolute atomic E-state index is 0.117. The average molecular weight is 459 g/mol. The van der Waals surface area contributed by atoms with E-state index in [0.29, 0.717) is 38.8 Å². The molecule has 166 valence electrons. The first-order valence-corrected chi connectivity index (χ1v) is 11.3. The lowest BCUT2D eigenvalue weighted by Crippen LogP contribution is -2.33. The van der Waals surface area contributed by atoms with Crippen LogP contribution >= 0.6 is 11.6 Å². The van der Waals surface area contributed by atoms with Crippen LogP contribution in [0, 0.1) is 12.8 Å². The second-order valence-electron chi connectivity index (χ2n) is 8.31. The van der Waals surface area contributed by atoms with Gasteiger partial charge in [-0.1, -0.05) is 72.3 Å². The third kappa shape index (κ3) is 4.12. The van der Waals surface area contributed by atoms with Crippen LogP contribution in [0.1, 0.15) is 30.1 Å². The van der Waals surface area contributed by atoms with E-state index in [-0.39, 0.29) is 11.6 Å². The van der Waals surface area contributed by atoms with Crippen molar-refractivity contribution in [1.82, 2.24) is 9.88 Å². The molecule has 1 aromatic heterocycles. The van der Waals surface area contributed by atoms with E-state index in [2.05, 4.69) is 5.32 Å². The second-order valence-corrected chi connectivity index (χ2v) is 8.72. The Morgan fingerprint density at radius 2 is 1.67 bits per heavy atom. The fourth-order valence-corrected chi connectivity index (χ4v) is 4.58. The summed E-state index contributed by atoms with van der Waals surface area (Å²) in [5, 5.41) is 4.18. The molecule has 1 heterocycles. The molecule has 0 unspecified atom stereocenters. The topological polar surface area (TPSA) is 60.3 Å². The van der Waals surface area contributed by atoms with E-state index < -0.39 is 6.09 Å². The molecule has 1 saturated carbocycles. The number of rotatable bonds is 5. The first-order valence-electron chi connectivity index (χ1n) is 11.0. The molecule has 1 amide bonds. The number of halogens is 1. The average Bonchev–Trinajstić information content (AvgIpc) is 3.67. The largest absolute Gasteiger partial charge is 0.413 e. The van der Waals surface area contributed by atoms with E-state index >= 15 is 0 Å². The van der Waals surface area contributed by atoms with Gasteiger partial charge >= 0.3 is 6.09 Å². The van der Waals surface area contributed by atoms with Crippen LogP contribution in [-0.4, -0.2) is 10.7 Å². The summed E-state index contributed by atoms with van der Waals surface area (Å²) < 4.78 is 7.43. The summed E-state index contributed by atoms with van der Waals surface area (Å²) in [7, 11) is 0. The Bertz CT molecular complexity index is 1380. The van der Waals surface area contributed by atoms with Crippen LogP contribution in [-0.2, 0) is 0 Å². The maximum Gasteiger partial charge on any atom is 0.413 e. The zero-order chi connectivity index (χ0) is 22.9. The zero-order valence-corrected chi connectivity index (χ0v) is 18.9. The van der Waals surface area contributed by atoms with E-state index in [1.165, 1.54) is 4.57 Å². The molecule has 1 aliphatic rings. The number of amides is 1. The number of carbonyl (C=O) groups excluding carboxylic acids is 1. The minimum atomic E-state index is -0.557. The third-order valence-corrected chi connectivity index (χ3v) is 6.39. The van der Waals surface area contributed by atoms with Gasteiger partial charge in [-0.05, 0) is 49.4 Å². The summed E-state index contributed by atoms with van der Waals surface area (Å²) in [6.45, 7) is 1.77. The molecule has 5 nitrogen and oxygen atoms in total. The Morgan fingerprint density at radius 3 is 2.33 bits per heavy atom. The predicted octanol–water partition coefficient (Wildman–Crippen LogP) is 6.19. The molecule has 33 heavy (non-hydrogen) atoms. The Morgan fingerprint density at radius 1 is 1.00 bits per heavy atom. The molecule has 0 aliphatic heterocycles. The fraction of sp³-hybridized carbons (Fsp3) is 0.185. The third-order valence-electron chi connectivity index (χ3n) is 6.07. The van der Waals surface area contributed by atoms with Gasteiger partial charge in [-0.25, -0.2) is 4.79 Å². The highest BCUT2D eigenvalue weighted by molar-refractivity contribution is 6.35. The van der Waals surface area contributed by atoms with Crippen molar-refractivity contribution in [3.05, 3.63) is 105 Å². The van der Waals surface area contributed by atoms with Gasteiger partial charge in [-0.3, -0.25) is 9.36 Å². The van der Waals surface area contributed by atoms with E-state index in [1.54, 1.807) is 25.1 Å². The highest BCUT2D eigenvalue weighted by atomic mass is 35.5. The molecule has 1 atom stereocenters. The number of hydrogen-bond acceptors (Lipinski definition) is 3. The first kappa shape index (κ1) is 21.3. The maximum atomic E-state index is 13.4. The number of benzene rings is 3. The molecule has 0 saturated heterocycles. The van der Waals surface area contributed by atoms with Crippen molar-refractivity contribution in [3.8, 4) is 11.4 Å². The molecule has 6 heteroatoms. The quantitative estimate of drug-likeness (QED) is 0.387. The fourth-order valence-electron chi connectivity index (χ4n) is 4.32. The molecule has 1 aliphatic carbocycles. The molecular weight excluding hydrogens is 436 g/mol. The molecule has 5 rings (SSSR count). The lowest BCUT2D eigenvalue weighted by Gasteiger charge is -2.21. The van der Waals surface area contributed by atoms with Gasteiger partial charge in [0, 0.05) is 11.1 Å². The Kier molecular flexibility index (Phi) is 5.65. The number of nitrogens with one attached hydrogen (secondary N) is 1. The van der Waals surface area contributed by atoms with E-state index in [4.69, 9.17) is 16.3 Å². The summed E-state index contributed by atoms with van der Waals surface area (Å²) in [6, 6.07) is 24.2. The van der Waals surface area contributed by atoms with Crippen molar-refractivity contribution in [1.29, 1.82) is 0 Å². The monoisotopic (exact) mass is 458 g/mol. The Labute approximate surface area is 196 Å². The van der Waals surface area contributed by atoms with E-state index in [0.717, 1.165) is 18.4 Å². The van der Waals surface area contributed by atoms with Crippen LogP contribution in [0.5, 0.6) is 5.75 Å². The van der Waals surface area contributed by atoms with Crippen LogP contribution in [0.2, 0.25) is 5.02 Å². The number of pyridine rings is 1.